The molecule has 1 aromatic carbocycles. The molecule has 2 atom stereocenters. The maximum absolute atomic E-state index is 11.8. The van der Waals surface area contributed by atoms with E-state index in [-0.39, 0.29) is 24.2 Å². The number of aliphatic carboxylic acids is 1. The van der Waals surface area contributed by atoms with Crippen molar-refractivity contribution in [3.8, 4) is 0 Å². The zero-order valence-electron chi connectivity index (χ0n) is 12.1. The van der Waals surface area contributed by atoms with E-state index in [1.165, 1.54) is 0 Å². The first-order valence-corrected chi connectivity index (χ1v) is 6.69. The number of benzene rings is 1. The summed E-state index contributed by atoms with van der Waals surface area (Å²) < 4.78 is 0. The van der Waals surface area contributed by atoms with E-state index >= 15 is 0 Å². The standard InChI is InChI=1S/C15H22N2O3/c1-9(2)14(16)15(20)17-12-6-4-11(5-7-12)10(3)8-13(18)19/h4-7,9-10,14H,8,16H2,1-3H3,(H,17,20)(H,18,19)/t10?,14-/m1/s1. The van der Waals surface area contributed by atoms with Crippen LogP contribution in [0.3, 0.4) is 0 Å². The van der Waals surface area contributed by atoms with E-state index in [2.05, 4.69) is 5.32 Å². The third kappa shape index (κ3) is 4.66. The Bertz CT molecular complexity index is 469. The molecule has 4 N–H and O–H groups in total. The predicted octanol–water partition coefficient (Wildman–Crippen LogP) is 2.19. The van der Waals surface area contributed by atoms with Gasteiger partial charge in [-0.25, -0.2) is 0 Å². The van der Waals surface area contributed by atoms with Crippen LogP contribution in [0.5, 0.6) is 0 Å². The molecule has 0 saturated carbocycles. The summed E-state index contributed by atoms with van der Waals surface area (Å²) in [7, 11) is 0. The maximum atomic E-state index is 11.8. The predicted molar refractivity (Wildman–Crippen MR) is 78.6 cm³/mol. The molecule has 5 heteroatoms. The van der Waals surface area contributed by atoms with E-state index in [0.717, 1.165) is 5.56 Å². The maximum Gasteiger partial charge on any atom is 0.303 e. The van der Waals surface area contributed by atoms with Gasteiger partial charge in [-0.1, -0.05) is 32.9 Å². The molecule has 0 spiro atoms. The first-order chi connectivity index (χ1) is 9.31. The Morgan fingerprint density at radius 1 is 1.20 bits per heavy atom. The molecule has 0 bridgehead atoms. The molecule has 0 saturated heterocycles. The highest BCUT2D eigenvalue weighted by molar-refractivity contribution is 5.94. The molecule has 0 aliphatic carbocycles. The normalized spacial score (nSPS) is 13.8. The van der Waals surface area contributed by atoms with Gasteiger partial charge in [-0.05, 0) is 29.5 Å². The van der Waals surface area contributed by atoms with Crippen molar-refractivity contribution in [2.75, 3.05) is 5.32 Å². The van der Waals surface area contributed by atoms with Crippen molar-refractivity contribution in [1.29, 1.82) is 0 Å². The largest absolute Gasteiger partial charge is 0.481 e. The molecule has 0 radical (unpaired) electrons. The number of nitrogens with two attached hydrogens (primary N) is 1. The lowest BCUT2D eigenvalue weighted by atomic mass is 9.97. The average molecular weight is 278 g/mol. The summed E-state index contributed by atoms with van der Waals surface area (Å²) in [6.45, 7) is 5.64. The second-order valence-electron chi connectivity index (χ2n) is 5.38. The molecule has 0 aliphatic heterocycles. The van der Waals surface area contributed by atoms with E-state index in [0.29, 0.717) is 5.69 Å². The topological polar surface area (TPSA) is 92.4 Å². The van der Waals surface area contributed by atoms with Gasteiger partial charge in [0.1, 0.15) is 0 Å². The van der Waals surface area contributed by atoms with E-state index in [1.807, 2.05) is 32.9 Å². The number of amides is 1. The molecule has 0 aliphatic rings. The van der Waals surface area contributed by atoms with Crippen molar-refractivity contribution < 1.29 is 14.7 Å². The number of anilines is 1. The number of carbonyl (C=O) groups excluding carboxylic acids is 1. The second-order valence-corrected chi connectivity index (χ2v) is 5.38. The number of nitrogens with one attached hydrogen (secondary N) is 1. The smallest absolute Gasteiger partial charge is 0.303 e. The van der Waals surface area contributed by atoms with Crippen LogP contribution in [0.25, 0.3) is 0 Å². The number of hydrogen-bond donors (Lipinski definition) is 3. The molecule has 110 valence electrons. The lowest BCUT2D eigenvalue weighted by molar-refractivity contribution is -0.137. The Kier molecular flexibility index (Phi) is 5.70. The fraction of sp³-hybridized carbons (Fsp3) is 0.467. The minimum Gasteiger partial charge on any atom is -0.481 e. The van der Waals surface area contributed by atoms with Gasteiger partial charge in [0.15, 0.2) is 0 Å². The van der Waals surface area contributed by atoms with Crippen molar-refractivity contribution in [3.63, 3.8) is 0 Å². The molecule has 20 heavy (non-hydrogen) atoms. The quantitative estimate of drug-likeness (QED) is 0.743. The fourth-order valence-electron chi connectivity index (χ4n) is 1.80. The van der Waals surface area contributed by atoms with Crippen LogP contribution in [-0.4, -0.2) is 23.0 Å². The summed E-state index contributed by atoms with van der Waals surface area (Å²) in [5.74, 6) is -1.02. The first-order valence-electron chi connectivity index (χ1n) is 6.69. The molecule has 1 unspecified atom stereocenters. The van der Waals surface area contributed by atoms with Gasteiger partial charge in [0.2, 0.25) is 5.91 Å². The fourth-order valence-corrected chi connectivity index (χ4v) is 1.80. The van der Waals surface area contributed by atoms with Gasteiger partial charge in [0.05, 0.1) is 12.5 Å². The van der Waals surface area contributed by atoms with Gasteiger partial charge >= 0.3 is 5.97 Å². The number of carbonyl (C=O) groups is 2. The molecule has 1 aromatic rings. The summed E-state index contributed by atoms with van der Waals surface area (Å²) in [5, 5.41) is 11.5. The Balaban J connectivity index is 2.67. The van der Waals surface area contributed by atoms with Crippen LogP contribution < -0.4 is 11.1 Å². The highest BCUT2D eigenvalue weighted by atomic mass is 16.4. The molecule has 0 fully saturated rings. The summed E-state index contributed by atoms with van der Waals surface area (Å²) in [6.07, 6.45) is 0.0872. The molecule has 1 amide bonds. The number of rotatable bonds is 6. The van der Waals surface area contributed by atoms with Crippen LogP contribution in [0.4, 0.5) is 5.69 Å². The van der Waals surface area contributed by atoms with Gasteiger partial charge in [0.25, 0.3) is 0 Å². The van der Waals surface area contributed by atoms with E-state index in [9.17, 15) is 9.59 Å². The number of carboxylic acids is 1. The van der Waals surface area contributed by atoms with E-state index in [1.54, 1.807) is 12.1 Å². The molecular weight excluding hydrogens is 256 g/mol. The Morgan fingerprint density at radius 2 is 1.75 bits per heavy atom. The van der Waals surface area contributed by atoms with Gasteiger partial charge in [-0.3, -0.25) is 9.59 Å². The van der Waals surface area contributed by atoms with Crippen LogP contribution in [-0.2, 0) is 9.59 Å². The zero-order valence-corrected chi connectivity index (χ0v) is 12.1. The van der Waals surface area contributed by atoms with Crippen molar-refractivity contribution in [3.05, 3.63) is 29.8 Å². The van der Waals surface area contributed by atoms with Crippen LogP contribution in [0.2, 0.25) is 0 Å². The zero-order chi connectivity index (χ0) is 15.3. The van der Waals surface area contributed by atoms with E-state index in [4.69, 9.17) is 10.8 Å². The average Bonchev–Trinajstić information content (AvgIpc) is 2.37. The number of carboxylic acid groups (broad SMARTS) is 1. The highest BCUT2D eigenvalue weighted by Gasteiger charge is 2.17. The molecule has 0 aromatic heterocycles. The van der Waals surface area contributed by atoms with Crippen molar-refractivity contribution in [1.82, 2.24) is 0 Å². The Labute approximate surface area is 119 Å². The molecular formula is C15H22N2O3. The van der Waals surface area contributed by atoms with Crippen molar-refractivity contribution in [2.45, 2.75) is 39.2 Å². The molecule has 1 rings (SSSR count). The SMILES string of the molecule is CC(CC(=O)O)c1ccc(NC(=O)[C@H](N)C(C)C)cc1. The summed E-state index contributed by atoms with van der Waals surface area (Å²) >= 11 is 0. The molecule has 0 heterocycles. The number of hydrogen-bond acceptors (Lipinski definition) is 3. The Hall–Kier alpha value is -1.88. The lowest BCUT2D eigenvalue weighted by Gasteiger charge is -2.16. The first kappa shape index (κ1) is 16.2. The summed E-state index contributed by atoms with van der Waals surface area (Å²) in [4.78, 5) is 22.5. The minimum atomic E-state index is -0.821. The van der Waals surface area contributed by atoms with Crippen LogP contribution in [0.15, 0.2) is 24.3 Å². The summed E-state index contributed by atoms with van der Waals surface area (Å²) in [5.41, 5.74) is 7.36. The summed E-state index contributed by atoms with van der Waals surface area (Å²) in [6, 6.07) is 6.63. The van der Waals surface area contributed by atoms with Crippen molar-refractivity contribution in [2.24, 2.45) is 11.7 Å². The van der Waals surface area contributed by atoms with Crippen LogP contribution in [0, 0.1) is 5.92 Å². The van der Waals surface area contributed by atoms with E-state index < -0.39 is 12.0 Å². The van der Waals surface area contributed by atoms with Gasteiger partial charge in [-0.2, -0.15) is 0 Å². The molecule has 5 nitrogen and oxygen atoms in total. The minimum absolute atomic E-state index is 0.0600. The van der Waals surface area contributed by atoms with Gasteiger partial charge in [0, 0.05) is 5.69 Å². The highest BCUT2D eigenvalue weighted by Crippen LogP contribution is 2.21. The third-order valence-electron chi connectivity index (χ3n) is 3.25. The third-order valence-corrected chi connectivity index (χ3v) is 3.25. The second kappa shape index (κ2) is 7.05. The van der Waals surface area contributed by atoms with Gasteiger partial charge in [-0.15, -0.1) is 0 Å². The van der Waals surface area contributed by atoms with Gasteiger partial charge < -0.3 is 16.2 Å². The van der Waals surface area contributed by atoms with Crippen molar-refractivity contribution >= 4 is 17.6 Å². The lowest BCUT2D eigenvalue weighted by Crippen LogP contribution is -2.39. The van der Waals surface area contributed by atoms with Crippen LogP contribution in [0.1, 0.15) is 38.7 Å². The monoisotopic (exact) mass is 278 g/mol. The Morgan fingerprint density at radius 3 is 2.20 bits per heavy atom. The van der Waals surface area contributed by atoms with Crippen LogP contribution >= 0.6 is 0 Å².